The minimum atomic E-state index is -0.449. The van der Waals surface area contributed by atoms with Gasteiger partial charge in [0.05, 0.1) is 18.1 Å². The number of anilines is 1. The zero-order valence-electron chi connectivity index (χ0n) is 14.1. The monoisotopic (exact) mass is 342 g/mol. The Bertz CT molecular complexity index is 878. The minimum Gasteiger partial charge on any atom is -0.244 e. The number of carbonyl (C=O) groups excluding carboxylic acids is 1. The maximum absolute atomic E-state index is 12.5. The van der Waals surface area contributed by atoms with Gasteiger partial charge in [-0.25, -0.2) is 10.2 Å². The largest absolute Gasteiger partial charge is 0.362 e. The van der Waals surface area contributed by atoms with Gasteiger partial charge in [-0.15, -0.1) is 0 Å². The van der Waals surface area contributed by atoms with Crippen LogP contribution in [0.5, 0.6) is 0 Å². The second-order valence-electron chi connectivity index (χ2n) is 5.39. The van der Waals surface area contributed by atoms with Crippen LogP contribution in [0.15, 0.2) is 101 Å². The number of urea groups is 1. The topological polar surface area (TPSA) is 57.1 Å². The van der Waals surface area contributed by atoms with E-state index in [9.17, 15) is 4.79 Å². The van der Waals surface area contributed by atoms with E-state index in [1.807, 2.05) is 91.0 Å². The van der Waals surface area contributed by atoms with E-state index in [-0.39, 0.29) is 0 Å². The number of nitrogens with one attached hydrogen (secondary N) is 1. The van der Waals surface area contributed by atoms with E-state index >= 15 is 0 Å². The number of hydrogen-bond acceptors (Lipinski definition) is 3. The number of benzene rings is 3. The average Bonchev–Trinajstić information content (AvgIpc) is 2.70. The minimum absolute atomic E-state index is 0.449. The Hall–Kier alpha value is -3.73. The number of amides is 2. The lowest BCUT2D eigenvalue weighted by Gasteiger charge is -2.16. The maximum atomic E-state index is 12.5. The molecule has 5 heteroatoms. The molecule has 3 rings (SSSR count). The van der Waals surface area contributed by atoms with Crippen LogP contribution in [-0.4, -0.2) is 18.5 Å². The van der Waals surface area contributed by atoms with Crippen LogP contribution in [0.2, 0.25) is 0 Å². The van der Waals surface area contributed by atoms with Crippen LogP contribution in [-0.2, 0) is 0 Å². The smallest absolute Gasteiger partial charge is 0.244 e. The fourth-order valence-electron chi connectivity index (χ4n) is 2.22. The zero-order chi connectivity index (χ0) is 18.0. The summed E-state index contributed by atoms with van der Waals surface area (Å²) in [6.07, 6.45) is 3.22. The second-order valence-corrected chi connectivity index (χ2v) is 5.39. The molecule has 0 aliphatic rings. The lowest BCUT2D eigenvalue weighted by Crippen LogP contribution is -2.33. The molecule has 0 atom stereocenters. The number of hydrogen-bond donors (Lipinski definition) is 1. The normalized spacial score (nSPS) is 10.9. The Labute approximate surface area is 152 Å². The number of rotatable bonds is 5. The molecule has 0 heterocycles. The van der Waals surface area contributed by atoms with E-state index in [1.54, 1.807) is 12.4 Å². The molecule has 3 aromatic carbocycles. The van der Waals surface area contributed by atoms with Gasteiger partial charge in [0.1, 0.15) is 0 Å². The van der Waals surface area contributed by atoms with Crippen molar-refractivity contribution in [2.45, 2.75) is 0 Å². The third-order valence-corrected chi connectivity index (χ3v) is 3.49. The van der Waals surface area contributed by atoms with Crippen molar-refractivity contribution in [2.75, 3.05) is 5.01 Å². The molecule has 1 N–H and O–H groups in total. The van der Waals surface area contributed by atoms with E-state index in [4.69, 9.17) is 0 Å². The van der Waals surface area contributed by atoms with Gasteiger partial charge in [0.25, 0.3) is 0 Å². The summed E-state index contributed by atoms with van der Waals surface area (Å²) in [6, 6.07) is 27.9. The molecule has 5 nitrogen and oxygen atoms in total. The van der Waals surface area contributed by atoms with Crippen LogP contribution in [0.1, 0.15) is 11.1 Å². The number of carbonyl (C=O) groups is 1. The van der Waals surface area contributed by atoms with Crippen molar-refractivity contribution in [1.29, 1.82) is 0 Å². The van der Waals surface area contributed by atoms with E-state index in [1.165, 1.54) is 5.01 Å². The summed E-state index contributed by atoms with van der Waals surface area (Å²) in [5.41, 5.74) is 4.95. The summed E-state index contributed by atoms with van der Waals surface area (Å²) < 4.78 is 0. The predicted molar refractivity (Wildman–Crippen MR) is 106 cm³/mol. The highest BCUT2D eigenvalue weighted by atomic mass is 16.2. The van der Waals surface area contributed by atoms with E-state index in [0.29, 0.717) is 5.69 Å². The molecule has 26 heavy (non-hydrogen) atoms. The molecule has 0 spiro atoms. The standard InChI is InChI=1S/C21H18N4O/c26-21(24-22-16-18-10-4-1-5-11-18)25(20-14-8-3-9-15-20)23-17-19-12-6-2-7-13-19/h1-17H,(H,24,26)/b22-16+,23-17+. The Morgan fingerprint density at radius 2 is 1.23 bits per heavy atom. The van der Waals surface area contributed by atoms with Gasteiger partial charge in [0.2, 0.25) is 0 Å². The molecule has 0 saturated carbocycles. The van der Waals surface area contributed by atoms with E-state index < -0.39 is 6.03 Å². The first kappa shape index (κ1) is 17.1. The van der Waals surface area contributed by atoms with Gasteiger partial charge < -0.3 is 0 Å². The lowest BCUT2D eigenvalue weighted by molar-refractivity contribution is 0.247. The summed E-state index contributed by atoms with van der Waals surface area (Å²) in [7, 11) is 0. The van der Waals surface area contributed by atoms with Crippen molar-refractivity contribution in [1.82, 2.24) is 5.43 Å². The molecule has 0 fully saturated rings. The molecule has 0 radical (unpaired) electrons. The third kappa shape index (κ3) is 4.88. The van der Waals surface area contributed by atoms with Crippen LogP contribution in [0.25, 0.3) is 0 Å². The number of para-hydroxylation sites is 1. The molecule has 128 valence electrons. The van der Waals surface area contributed by atoms with Crippen LogP contribution < -0.4 is 10.4 Å². The van der Waals surface area contributed by atoms with Crippen molar-refractivity contribution in [3.05, 3.63) is 102 Å². The van der Waals surface area contributed by atoms with E-state index in [0.717, 1.165) is 11.1 Å². The van der Waals surface area contributed by atoms with Gasteiger partial charge in [-0.3, -0.25) is 0 Å². The lowest BCUT2D eigenvalue weighted by atomic mass is 10.2. The number of hydrazone groups is 2. The van der Waals surface area contributed by atoms with Crippen molar-refractivity contribution < 1.29 is 4.79 Å². The molecule has 0 aliphatic carbocycles. The summed E-state index contributed by atoms with van der Waals surface area (Å²) in [6.45, 7) is 0. The highest BCUT2D eigenvalue weighted by Crippen LogP contribution is 2.14. The Kier molecular flexibility index (Phi) is 5.88. The van der Waals surface area contributed by atoms with Gasteiger partial charge in [0.15, 0.2) is 0 Å². The Morgan fingerprint density at radius 1 is 0.731 bits per heavy atom. The second kappa shape index (κ2) is 8.94. The summed E-state index contributed by atoms with van der Waals surface area (Å²) >= 11 is 0. The van der Waals surface area contributed by atoms with Gasteiger partial charge >= 0.3 is 6.03 Å². The van der Waals surface area contributed by atoms with Crippen LogP contribution in [0.4, 0.5) is 10.5 Å². The Morgan fingerprint density at radius 3 is 1.81 bits per heavy atom. The predicted octanol–water partition coefficient (Wildman–Crippen LogP) is 4.27. The molecular formula is C21H18N4O. The first-order chi connectivity index (χ1) is 12.8. The molecule has 2 amide bonds. The molecular weight excluding hydrogens is 324 g/mol. The van der Waals surface area contributed by atoms with Crippen molar-refractivity contribution >= 4 is 24.1 Å². The highest BCUT2D eigenvalue weighted by Gasteiger charge is 2.13. The molecule has 3 aromatic rings. The molecule has 0 aromatic heterocycles. The zero-order valence-corrected chi connectivity index (χ0v) is 14.1. The molecule has 0 aliphatic heterocycles. The molecule has 0 saturated heterocycles. The van der Waals surface area contributed by atoms with Crippen LogP contribution in [0.3, 0.4) is 0 Å². The summed E-state index contributed by atoms with van der Waals surface area (Å²) in [5, 5.41) is 9.59. The van der Waals surface area contributed by atoms with Gasteiger partial charge in [-0.05, 0) is 23.3 Å². The summed E-state index contributed by atoms with van der Waals surface area (Å²) in [5.74, 6) is 0. The SMILES string of the molecule is O=C(N/N=C/c1ccccc1)N(/N=C/c1ccccc1)c1ccccc1. The number of nitrogens with zero attached hydrogens (tertiary/aromatic N) is 3. The van der Waals surface area contributed by atoms with Crippen molar-refractivity contribution in [3.8, 4) is 0 Å². The fraction of sp³-hybridized carbons (Fsp3) is 0. The fourth-order valence-corrected chi connectivity index (χ4v) is 2.22. The van der Waals surface area contributed by atoms with Gasteiger partial charge in [0, 0.05) is 0 Å². The van der Waals surface area contributed by atoms with Gasteiger partial charge in [-0.1, -0.05) is 78.9 Å². The highest BCUT2D eigenvalue weighted by molar-refractivity contribution is 5.94. The maximum Gasteiger partial charge on any atom is 0.362 e. The average molecular weight is 342 g/mol. The van der Waals surface area contributed by atoms with E-state index in [2.05, 4.69) is 15.6 Å². The quantitative estimate of drug-likeness (QED) is 0.546. The summed E-state index contributed by atoms with van der Waals surface area (Å²) in [4.78, 5) is 12.5. The molecule has 0 unspecified atom stereocenters. The van der Waals surface area contributed by atoms with Gasteiger partial charge in [-0.2, -0.15) is 15.2 Å². The first-order valence-electron chi connectivity index (χ1n) is 8.15. The molecule has 0 bridgehead atoms. The van der Waals surface area contributed by atoms with Crippen LogP contribution >= 0.6 is 0 Å². The van der Waals surface area contributed by atoms with Crippen molar-refractivity contribution in [3.63, 3.8) is 0 Å². The van der Waals surface area contributed by atoms with Crippen LogP contribution in [0, 0.1) is 0 Å². The third-order valence-electron chi connectivity index (χ3n) is 3.49. The first-order valence-corrected chi connectivity index (χ1v) is 8.15. The Balaban J connectivity index is 1.75. The van der Waals surface area contributed by atoms with Crippen molar-refractivity contribution in [2.24, 2.45) is 10.2 Å².